The minimum Gasteiger partial charge on any atom is -0.469 e. The van der Waals surface area contributed by atoms with Gasteiger partial charge in [0.15, 0.2) is 5.78 Å². The van der Waals surface area contributed by atoms with Crippen LogP contribution in [0.2, 0.25) is 0 Å². The van der Waals surface area contributed by atoms with Gasteiger partial charge in [-0.1, -0.05) is 26.5 Å². The van der Waals surface area contributed by atoms with Gasteiger partial charge in [0.2, 0.25) is 0 Å². The van der Waals surface area contributed by atoms with Crippen molar-refractivity contribution in [2.45, 2.75) is 53.9 Å². The summed E-state index contributed by atoms with van der Waals surface area (Å²) in [6, 6.07) is 0. The van der Waals surface area contributed by atoms with Crippen molar-refractivity contribution in [3.05, 3.63) is 84.8 Å². The number of hydrogen-bond donors (Lipinski definition) is 4. The number of ketones is 1. The summed E-state index contributed by atoms with van der Waals surface area (Å²) in [5.74, 6) is -2.59. The number of ether oxygens (including phenoxy) is 2. The van der Waals surface area contributed by atoms with Crippen LogP contribution in [-0.4, -0.2) is 46.9 Å². The summed E-state index contributed by atoms with van der Waals surface area (Å²) in [5.41, 5.74) is 11.2. The van der Waals surface area contributed by atoms with Gasteiger partial charge in [-0.25, -0.2) is 0 Å². The van der Waals surface area contributed by atoms with Gasteiger partial charge in [-0.2, -0.15) is 0 Å². The van der Waals surface area contributed by atoms with Crippen molar-refractivity contribution in [1.29, 1.82) is 0 Å². The molecule has 0 radical (unpaired) electrons. The molecule has 1 saturated heterocycles. The highest BCUT2D eigenvalue weighted by atomic mass is 16.5. The van der Waals surface area contributed by atoms with Gasteiger partial charge >= 0.3 is 11.9 Å². The van der Waals surface area contributed by atoms with Gasteiger partial charge in [0.1, 0.15) is 5.92 Å². The minimum atomic E-state index is -1.12. The van der Waals surface area contributed by atoms with Crippen LogP contribution in [-0.2, 0) is 25.5 Å². The number of aromatic amines is 3. The van der Waals surface area contributed by atoms with Crippen LogP contribution in [0.1, 0.15) is 87.6 Å². The second-order valence-electron chi connectivity index (χ2n) is 12.2. The summed E-state index contributed by atoms with van der Waals surface area (Å²) in [7, 11) is 2.68. The summed E-state index contributed by atoms with van der Waals surface area (Å²) >= 11 is 0. The van der Waals surface area contributed by atoms with E-state index in [2.05, 4.69) is 72.8 Å². The summed E-state index contributed by atoms with van der Waals surface area (Å²) < 4.78 is 10.2. The van der Waals surface area contributed by atoms with Crippen molar-refractivity contribution in [3.63, 3.8) is 0 Å². The van der Waals surface area contributed by atoms with Crippen LogP contribution in [0.15, 0.2) is 18.0 Å². The van der Waals surface area contributed by atoms with E-state index in [4.69, 9.17) is 9.47 Å². The molecule has 9 heteroatoms. The minimum absolute atomic E-state index is 0.0606. The third-order valence-corrected chi connectivity index (χ3v) is 9.97. The molecule has 1 aliphatic carbocycles. The molecule has 0 amide bonds. The number of carbonyl (C=O) groups is 3. The number of allylic oxidation sites excluding steroid dienone is 2. The van der Waals surface area contributed by atoms with Gasteiger partial charge in [-0.05, 0) is 74.1 Å². The van der Waals surface area contributed by atoms with Crippen molar-refractivity contribution >= 4 is 47.6 Å². The Hall–Kier alpha value is -4.79. The molecule has 0 aromatic carbocycles. The molecular weight excluding hydrogens is 568 g/mol. The Morgan fingerprint density at radius 2 is 1.64 bits per heavy atom. The normalized spacial score (nSPS) is 19.9. The van der Waals surface area contributed by atoms with E-state index in [9.17, 15) is 14.4 Å². The van der Waals surface area contributed by atoms with Gasteiger partial charge in [-0.3, -0.25) is 14.4 Å². The first-order valence-corrected chi connectivity index (χ1v) is 15.4. The topological polar surface area (TPSA) is 129 Å². The Kier molecular flexibility index (Phi) is 7.59. The van der Waals surface area contributed by atoms with Gasteiger partial charge < -0.3 is 29.7 Å². The Morgan fingerprint density at radius 1 is 0.933 bits per heavy atom. The molecule has 4 N–H and O–H groups in total. The molecule has 234 valence electrons. The SMILES string of the molecule is C=Cc1c2[nH]c(c1C)C=C1NC(=C3c4[nH]c(c(C)c4C(=O)[C@@H]3C(=O)OC)C=c3[nH]c(c(C)c3CC)=C2)[C@H](CCC(=O)OC)[C@@H]1C. The van der Waals surface area contributed by atoms with Crippen LogP contribution >= 0.6 is 0 Å². The highest BCUT2D eigenvalue weighted by Gasteiger charge is 2.48. The predicted octanol–water partition coefficient (Wildman–Crippen LogP) is 4.32. The molecule has 1 fully saturated rings. The van der Waals surface area contributed by atoms with Crippen molar-refractivity contribution in [2.24, 2.45) is 17.8 Å². The Bertz CT molecular complexity index is 1980. The number of fused-ring (bicyclic) bond motifs is 7. The monoisotopic (exact) mass is 608 g/mol. The van der Waals surface area contributed by atoms with E-state index in [1.807, 2.05) is 13.0 Å². The zero-order valence-electron chi connectivity index (χ0n) is 26.9. The number of esters is 2. The Morgan fingerprint density at radius 3 is 2.31 bits per heavy atom. The fourth-order valence-corrected chi connectivity index (χ4v) is 7.37. The average Bonchev–Trinajstić information content (AvgIpc) is 3.76. The average molecular weight is 609 g/mol. The quantitative estimate of drug-likeness (QED) is 0.244. The number of nitrogens with one attached hydrogen (secondary N) is 4. The second-order valence-corrected chi connectivity index (χ2v) is 12.2. The lowest BCUT2D eigenvalue weighted by Gasteiger charge is -2.19. The zero-order valence-corrected chi connectivity index (χ0v) is 26.9. The van der Waals surface area contributed by atoms with Crippen LogP contribution in [0.25, 0.3) is 29.9 Å². The van der Waals surface area contributed by atoms with E-state index < -0.39 is 11.9 Å². The third-order valence-electron chi connectivity index (χ3n) is 9.97. The van der Waals surface area contributed by atoms with Crippen LogP contribution in [0, 0.1) is 38.5 Å². The summed E-state index contributed by atoms with van der Waals surface area (Å²) in [5, 5.41) is 5.57. The molecule has 8 bridgehead atoms. The van der Waals surface area contributed by atoms with Gasteiger partial charge in [0.05, 0.1) is 19.9 Å². The molecular formula is C36H40N4O5. The fraction of sp³-hybridized carbons (Fsp3) is 0.361. The first-order valence-electron chi connectivity index (χ1n) is 15.4. The van der Waals surface area contributed by atoms with Crippen LogP contribution < -0.4 is 16.0 Å². The zero-order chi connectivity index (χ0) is 32.3. The molecule has 45 heavy (non-hydrogen) atoms. The third kappa shape index (κ3) is 4.64. The smallest absolute Gasteiger partial charge is 0.321 e. The molecule has 9 nitrogen and oxygen atoms in total. The summed E-state index contributed by atoms with van der Waals surface area (Å²) in [6.45, 7) is 14.4. The fourth-order valence-electron chi connectivity index (χ4n) is 7.37. The maximum absolute atomic E-state index is 14.1. The standard InChI is InChI=1S/C36H40N4O5/c1-9-20-16(3)23-13-25-18(5)22(11-12-29(41)44-7)33(39-25)31-32(36(43)45-8)35(42)30-19(6)26(40-34(30)31)15-28-21(10-2)17(4)24(38-28)14-27(20)37-23/h9,13-15,18,22,32,37-40H,1,10-12H2,2-8H3/t18-,22+,32+/m0/s1. The number of aromatic nitrogens is 3. The van der Waals surface area contributed by atoms with Crippen molar-refractivity contribution in [1.82, 2.24) is 20.3 Å². The van der Waals surface area contributed by atoms with Crippen LogP contribution in [0.3, 0.4) is 0 Å². The van der Waals surface area contributed by atoms with E-state index in [1.54, 1.807) is 0 Å². The lowest BCUT2D eigenvalue weighted by atomic mass is 9.85. The number of hydrogen-bond acceptors (Lipinski definition) is 6. The predicted molar refractivity (Wildman–Crippen MR) is 174 cm³/mol. The van der Waals surface area contributed by atoms with E-state index in [0.29, 0.717) is 23.3 Å². The molecule has 3 aromatic rings. The maximum Gasteiger partial charge on any atom is 0.321 e. The maximum atomic E-state index is 14.1. The largest absolute Gasteiger partial charge is 0.469 e. The van der Waals surface area contributed by atoms with E-state index in [-0.39, 0.29) is 30.0 Å². The molecule has 0 spiro atoms. The molecule has 0 unspecified atom stereocenters. The molecule has 6 rings (SSSR count). The van der Waals surface area contributed by atoms with Crippen molar-refractivity contribution < 1.29 is 23.9 Å². The summed E-state index contributed by atoms with van der Waals surface area (Å²) in [6.07, 6.45) is 9.62. The Balaban J connectivity index is 1.72. The summed E-state index contributed by atoms with van der Waals surface area (Å²) in [4.78, 5) is 50.5. The lowest BCUT2D eigenvalue weighted by Crippen LogP contribution is -2.25. The molecule has 3 aliphatic rings. The van der Waals surface area contributed by atoms with Gasteiger partial charge in [0.25, 0.3) is 0 Å². The van der Waals surface area contributed by atoms with Crippen molar-refractivity contribution in [3.8, 4) is 0 Å². The number of carbonyl (C=O) groups excluding carboxylic acids is 3. The first kappa shape index (κ1) is 30.2. The number of rotatable bonds is 6. The molecule has 3 aromatic heterocycles. The molecule has 2 aliphatic heterocycles. The lowest BCUT2D eigenvalue weighted by molar-refractivity contribution is -0.142. The Labute approximate surface area is 262 Å². The number of methoxy groups -OCH3 is 2. The van der Waals surface area contributed by atoms with Crippen LogP contribution in [0.5, 0.6) is 0 Å². The highest BCUT2D eigenvalue weighted by Crippen LogP contribution is 2.48. The van der Waals surface area contributed by atoms with Crippen molar-refractivity contribution in [2.75, 3.05) is 14.2 Å². The van der Waals surface area contributed by atoms with Crippen LogP contribution in [0.4, 0.5) is 0 Å². The van der Waals surface area contributed by atoms with Gasteiger partial charge in [-0.15, -0.1) is 0 Å². The van der Waals surface area contributed by atoms with E-state index in [0.717, 1.165) is 67.8 Å². The van der Waals surface area contributed by atoms with E-state index >= 15 is 0 Å². The molecule has 0 saturated carbocycles. The number of Topliss-reactive ketones (excluding diaryl/α,β-unsaturated/α-hetero) is 1. The highest BCUT2D eigenvalue weighted by molar-refractivity contribution is 6.24. The number of H-pyrrole nitrogens is 3. The molecule has 3 atom stereocenters. The van der Waals surface area contributed by atoms with E-state index in [1.165, 1.54) is 19.8 Å². The van der Waals surface area contributed by atoms with Gasteiger partial charge in [0, 0.05) is 74.1 Å². The first-order chi connectivity index (χ1) is 21.5. The molecule has 5 heterocycles. The second kappa shape index (κ2) is 11.3.